The summed E-state index contributed by atoms with van der Waals surface area (Å²) in [5.41, 5.74) is 0.766. The highest BCUT2D eigenvalue weighted by Crippen LogP contribution is 2.34. The number of carbonyl (C=O) groups is 1. The van der Waals surface area contributed by atoms with E-state index in [1.807, 2.05) is 38.1 Å². The maximum Gasteiger partial charge on any atom is 0.266 e. The van der Waals surface area contributed by atoms with E-state index >= 15 is 0 Å². The largest absolute Gasteiger partial charge is 0.478 e. The van der Waals surface area contributed by atoms with Gasteiger partial charge in [-0.1, -0.05) is 56.0 Å². The van der Waals surface area contributed by atoms with Crippen molar-refractivity contribution in [3.8, 4) is 11.8 Å². The van der Waals surface area contributed by atoms with E-state index in [1.54, 1.807) is 17.0 Å². The lowest BCUT2D eigenvalue weighted by molar-refractivity contribution is -0.122. The molecule has 0 unspecified atom stereocenters. The monoisotopic (exact) mass is 332 g/mol. The number of amides is 1. The quantitative estimate of drug-likeness (QED) is 0.611. The lowest BCUT2D eigenvalue weighted by Crippen LogP contribution is -2.31. The van der Waals surface area contributed by atoms with Crippen LogP contribution in [0.4, 0.5) is 0 Å². The van der Waals surface area contributed by atoms with Crippen molar-refractivity contribution in [2.75, 3.05) is 13.2 Å². The Morgan fingerprint density at radius 1 is 1.45 bits per heavy atom. The van der Waals surface area contributed by atoms with Crippen LogP contribution >= 0.6 is 24.0 Å². The smallest absolute Gasteiger partial charge is 0.266 e. The van der Waals surface area contributed by atoms with Crippen molar-refractivity contribution in [1.82, 2.24) is 4.90 Å². The summed E-state index contributed by atoms with van der Waals surface area (Å²) in [5, 5.41) is 8.63. The van der Waals surface area contributed by atoms with E-state index in [9.17, 15) is 4.79 Å². The van der Waals surface area contributed by atoms with E-state index in [1.165, 1.54) is 11.8 Å². The zero-order chi connectivity index (χ0) is 16.1. The number of ether oxygens (including phenoxy) is 1. The van der Waals surface area contributed by atoms with E-state index in [2.05, 4.69) is 0 Å². The van der Waals surface area contributed by atoms with Crippen molar-refractivity contribution in [3.63, 3.8) is 0 Å². The van der Waals surface area contributed by atoms with Gasteiger partial charge in [0.25, 0.3) is 5.91 Å². The van der Waals surface area contributed by atoms with Crippen molar-refractivity contribution in [3.05, 3.63) is 34.7 Å². The number of para-hydroxylation sites is 1. The van der Waals surface area contributed by atoms with Crippen molar-refractivity contribution < 1.29 is 9.53 Å². The lowest BCUT2D eigenvalue weighted by Gasteiger charge is -2.16. The van der Waals surface area contributed by atoms with E-state index < -0.39 is 0 Å². The van der Waals surface area contributed by atoms with Crippen LogP contribution in [0, 0.1) is 17.2 Å². The molecule has 0 N–H and O–H groups in total. The highest BCUT2D eigenvalue weighted by atomic mass is 32.2. The Balaban J connectivity index is 2.25. The van der Waals surface area contributed by atoms with Gasteiger partial charge in [0.2, 0.25) is 0 Å². The van der Waals surface area contributed by atoms with Crippen LogP contribution in [0.3, 0.4) is 0 Å². The highest BCUT2D eigenvalue weighted by molar-refractivity contribution is 8.26. The number of thiocarbonyl (C=S) groups is 1. The highest BCUT2D eigenvalue weighted by Gasteiger charge is 2.32. The second kappa shape index (κ2) is 7.43. The summed E-state index contributed by atoms with van der Waals surface area (Å²) in [4.78, 5) is 14.7. The van der Waals surface area contributed by atoms with Gasteiger partial charge >= 0.3 is 0 Å². The minimum absolute atomic E-state index is 0.0286. The SMILES string of the molecule is CC(C)CN1C(=O)/C(=C/c2ccccc2OCC#N)SC1=S. The molecule has 0 aliphatic carbocycles. The summed E-state index contributed by atoms with van der Waals surface area (Å²) in [5.74, 6) is 0.866. The van der Waals surface area contributed by atoms with Crippen LogP contribution in [0.25, 0.3) is 6.08 Å². The minimum atomic E-state index is -0.0706. The molecule has 1 saturated heterocycles. The first-order valence-electron chi connectivity index (χ1n) is 6.87. The van der Waals surface area contributed by atoms with Crippen LogP contribution in [0.15, 0.2) is 29.2 Å². The van der Waals surface area contributed by atoms with Crippen LogP contribution in [0.1, 0.15) is 19.4 Å². The molecule has 1 aromatic carbocycles. The fourth-order valence-corrected chi connectivity index (χ4v) is 3.27. The molecule has 0 aromatic heterocycles. The minimum Gasteiger partial charge on any atom is -0.478 e. The first-order chi connectivity index (χ1) is 10.5. The van der Waals surface area contributed by atoms with Gasteiger partial charge in [-0.15, -0.1) is 0 Å². The Kier molecular flexibility index (Phi) is 5.58. The number of nitrogens with zero attached hydrogens (tertiary/aromatic N) is 2. The van der Waals surface area contributed by atoms with E-state index in [4.69, 9.17) is 22.2 Å². The molecule has 1 aliphatic rings. The Morgan fingerprint density at radius 3 is 2.86 bits per heavy atom. The molecule has 22 heavy (non-hydrogen) atoms. The zero-order valence-corrected chi connectivity index (χ0v) is 14.0. The van der Waals surface area contributed by atoms with Gasteiger partial charge in [-0.2, -0.15) is 5.26 Å². The summed E-state index contributed by atoms with van der Waals surface area (Å²) < 4.78 is 5.96. The summed E-state index contributed by atoms with van der Waals surface area (Å²) in [7, 11) is 0. The maximum atomic E-state index is 12.4. The van der Waals surface area contributed by atoms with Gasteiger partial charge in [-0.3, -0.25) is 9.69 Å². The number of hydrogen-bond acceptors (Lipinski definition) is 5. The molecule has 1 amide bonds. The third-order valence-corrected chi connectivity index (χ3v) is 4.30. The van der Waals surface area contributed by atoms with E-state index in [0.717, 1.165) is 5.56 Å². The number of carbonyl (C=O) groups excluding carboxylic acids is 1. The number of rotatable bonds is 5. The molecule has 0 spiro atoms. The molecule has 0 radical (unpaired) electrons. The van der Waals surface area contributed by atoms with Crippen molar-refractivity contribution in [2.45, 2.75) is 13.8 Å². The van der Waals surface area contributed by atoms with Crippen molar-refractivity contribution >= 4 is 40.3 Å². The van der Waals surface area contributed by atoms with Gasteiger partial charge in [-0.25, -0.2) is 0 Å². The van der Waals surface area contributed by atoms with Gasteiger partial charge in [0, 0.05) is 12.1 Å². The Hall–Kier alpha value is -1.84. The molecule has 6 heteroatoms. The predicted octanol–water partition coefficient (Wildman–Crippen LogP) is 3.45. The maximum absolute atomic E-state index is 12.4. The molecule has 0 bridgehead atoms. The third-order valence-electron chi connectivity index (χ3n) is 2.92. The number of hydrogen-bond donors (Lipinski definition) is 0. The summed E-state index contributed by atoms with van der Waals surface area (Å²) in [6.45, 7) is 4.69. The Morgan fingerprint density at radius 2 is 2.18 bits per heavy atom. The number of nitriles is 1. The molecular formula is C16H16N2O2S2. The molecule has 2 rings (SSSR count). The molecule has 1 heterocycles. The van der Waals surface area contributed by atoms with Crippen LogP contribution < -0.4 is 4.74 Å². The molecule has 114 valence electrons. The average Bonchev–Trinajstić information content (AvgIpc) is 2.73. The fourth-order valence-electron chi connectivity index (χ4n) is 2.01. The van der Waals surface area contributed by atoms with Crippen LogP contribution in [-0.2, 0) is 4.79 Å². The molecule has 0 saturated carbocycles. The van der Waals surface area contributed by atoms with E-state index in [-0.39, 0.29) is 12.5 Å². The molecule has 4 nitrogen and oxygen atoms in total. The second-order valence-corrected chi connectivity index (χ2v) is 6.85. The summed E-state index contributed by atoms with van der Waals surface area (Å²) in [6.07, 6.45) is 1.77. The summed E-state index contributed by atoms with van der Waals surface area (Å²) in [6, 6.07) is 9.25. The van der Waals surface area contributed by atoms with Gasteiger partial charge in [-0.05, 0) is 18.1 Å². The van der Waals surface area contributed by atoms with Crippen molar-refractivity contribution in [2.24, 2.45) is 5.92 Å². The first kappa shape index (κ1) is 16.5. The summed E-state index contributed by atoms with van der Waals surface area (Å²) >= 11 is 6.58. The van der Waals surface area contributed by atoms with Gasteiger partial charge in [0.1, 0.15) is 16.1 Å². The topological polar surface area (TPSA) is 53.3 Å². The Bertz CT molecular complexity index is 662. The zero-order valence-electron chi connectivity index (χ0n) is 12.4. The van der Waals surface area contributed by atoms with Crippen LogP contribution in [-0.4, -0.2) is 28.3 Å². The van der Waals surface area contributed by atoms with Crippen LogP contribution in [0.5, 0.6) is 5.75 Å². The fraction of sp³-hybridized carbons (Fsp3) is 0.312. The molecule has 1 aliphatic heterocycles. The number of benzene rings is 1. The molecule has 1 fully saturated rings. The van der Waals surface area contributed by atoms with Gasteiger partial charge < -0.3 is 4.74 Å². The third kappa shape index (κ3) is 3.87. The standard InChI is InChI=1S/C16H16N2O2S2/c1-11(2)10-18-15(19)14(22-16(18)21)9-12-5-3-4-6-13(12)20-8-7-17/h3-6,9,11H,8,10H2,1-2H3/b14-9-. The lowest BCUT2D eigenvalue weighted by atomic mass is 10.1. The molecule has 1 aromatic rings. The molecule has 0 atom stereocenters. The van der Waals surface area contributed by atoms with E-state index in [0.29, 0.717) is 27.4 Å². The van der Waals surface area contributed by atoms with Crippen LogP contribution in [0.2, 0.25) is 0 Å². The molecular weight excluding hydrogens is 316 g/mol. The van der Waals surface area contributed by atoms with Gasteiger partial charge in [0.05, 0.1) is 4.91 Å². The van der Waals surface area contributed by atoms with Gasteiger partial charge in [0.15, 0.2) is 6.61 Å². The Labute approximate surface area is 139 Å². The predicted molar refractivity (Wildman–Crippen MR) is 92.3 cm³/mol. The normalized spacial score (nSPS) is 16.5. The average molecular weight is 332 g/mol. The first-order valence-corrected chi connectivity index (χ1v) is 8.09. The number of thioether (sulfide) groups is 1. The van der Waals surface area contributed by atoms with Crippen molar-refractivity contribution in [1.29, 1.82) is 5.26 Å². The second-order valence-electron chi connectivity index (χ2n) is 5.17.